The minimum absolute atomic E-state index is 0.0941. The van der Waals surface area contributed by atoms with E-state index in [9.17, 15) is 27.8 Å². The molecule has 2 nitrogen and oxygen atoms in total. The predicted octanol–water partition coefficient (Wildman–Crippen LogP) is 3.02. The Balaban J connectivity index is 3.11. The number of alkyl halides is 4. The molecular weight excluding hydrogens is 320 g/mol. The van der Waals surface area contributed by atoms with E-state index in [1.54, 1.807) is 0 Å². The third-order valence-electron chi connectivity index (χ3n) is 2.42. The van der Waals surface area contributed by atoms with Crippen LogP contribution in [0.3, 0.4) is 0 Å². The van der Waals surface area contributed by atoms with Crippen molar-refractivity contribution in [1.29, 1.82) is 0 Å². The molecule has 1 aromatic rings. The highest BCUT2D eigenvalue weighted by Gasteiger charge is 2.36. The predicted molar refractivity (Wildman–Crippen MR) is 60.8 cm³/mol. The van der Waals surface area contributed by atoms with Crippen molar-refractivity contribution in [2.24, 2.45) is 0 Å². The second-order valence-corrected chi connectivity index (χ2v) is 4.49. The molecule has 0 saturated heterocycles. The summed E-state index contributed by atoms with van der Waals surface area (Å²) in [5.74, 6) is -1.55. The molecule has 0 aliphatic carbocycles. The topological polar surface area (TPSA) is 40.5 Å². The van der Waals surface area contributed by atoms with Crippen LogP contribution in [0.1, 0.15) is 23.7 Å². The zero-order chi connectivity index (χ0) is 13.9. The van der Waals surface area contributed by atoms with E-state index >= 15 is 0 Å². The van der Waals surface area contributed by atoms with Crippen molar-refractivity contribution in [2.75, 3.05) is 5.33 Å². The largest absolute Gasteiger partial charge is 0.419 e. The van der Waals surface area contributed by atoms with Gasteiger partial charge < -0.3 is 10.2 Å². The fourth-order valence-corrected chi connectivity index (χ4v) is 1.94. The second-order valence-electron chi connectivity index (χ2n) is 3.70. The number of aliphatic hydroxyl groups excluding tert-OH is 2. The van der Waals surface area contributed by atoms with Crippen LogP contribution in [0.2, 0.25) is 0 Å². The third-order valence-corrected chi connectivity index (χ3v) is 2.88. The fraction of sp³-hybridized carbons (Fsp3) is 0.455. The fourth-order valence-electron chi connectivity index (χ4n) is 1.47. The molecular formula is C11H11BrF4O2. The van der Waals surface area contributed by atoms with Crippen LogP contribution in [0.15, 0.2) is 18.2 Å². The molecule has 1 rings (SSSR count). The Labute approximate surface area is 109 Å². The highest BCUT2D eigenvalue weighted by Crippen LogP contribution is 2.34. The van der Waals surface area contributed by atoms with Crippen LogP contribution in [-0.2, 0) is 6.18 Å². The second kappa shape index (κ2) is 5.99. The van der Waals surface area contributed by atoms with Gasteiger partial charge in [0.1, 0.15) is 11.9 Å². The van der Waals surface area contributed by atoms with Crippen LogP contribution in [0, 0.1) is 5.82 Å². The molecule has 2 N–H and O–H groups in total. The number of rotatable bonds is 4. The average Bonchev–Trinajstić information content (AvgIpc) is 2.27. The van der Waals surface area contributed by atoms with Crippen LogP contribution < -0.4 is 0 Å². The maximum Gasteiger partial charge on any atom is 0.419 e. The first kappa shape index (κ1) is 15.4. The van der Waals surface area contributed by atoms with Gasteiger partial charge in [-0.3, -0.25) is 0 Å². The third kappa shape index (κ3) is 3.43. The molecule has 18 heavy (non-hydrogen) atoms. The van der Waals surface area contributed by atoms with Crippen LogP contribution in [0.5, 0.6) is 0 Å². The first-order valence-corrected chi connectivity index (χ1v) is 6.19. The van der Waals surface area contributed by atoms with Gasteiger partial charge in [0.15, 0.2) is 0 Å². The van der Waals surface area contributed by atoms with Gasteiger partial charge in [-0.25, -0.2) is 4.39 Å². The molecule has 0 bridgehead atoms. The van der Waals surface area contributed by atoms with E-state index in [1.165, 1.54) is 0 Å². The first-order valence-electron chi connectivity index (χ1n) is 5.06. The van der Waals surface area contributed by atoms with Gasteiger partial charge in [0, 0.05) is 10.9 Å². The van der Waals surface area contributed by atoms with E-state index in [2.05, 4.69) is 15.9 Å². The van der Waals surface area contributed by atoms with Gasteiger partial charge in [-0.2, -0.15) is 13.2 Å². The van der Waals surface area contributed by atoms with Gasteiger partial charge in [0.05, 0.1) is 11.7 Å². The molecule has 0 heterocycles. The number of halogens is 5. The summed E-state index contributed by atoms with van der Waals surface area (Å²) in [7, 11) is 0. The molecule has 2 atom stereocenters. The number of aliphatic hydroxyl groups is 2. The van der Waals surface area contributed by atoms with E-state index in [1.807, 2.05) is 0 Å². The summed E-state index contributed by atoms with van der Waals surface area (Å²) in [6, 6.07) is 2.60. The van der Waals surface area contributed by atoms with Crippen molar-refractivity contribution >= 4 is 15.9 Å². The van der Waals surface area contributed by atoms with Gasteiger partial charge >= 0.3 is 6.18 Å². The Morgan fingerprint density at radius 2 is 1.83 bits per heavy atom. The molecule has 0 fully saturated rings. The van der Waals surface area contributed by atoms with Crippen LogP contribution in [-0.4, -0.2) is 21.6 Å². The monoisotopic (exact) mass is 330 g/mol. The maximum atomic E-state index is 13.6. The summed E-state index contributed by atoms with van der Waals surface area (Å²) >= 11 is 3.01. The Morgan fingerprint density at radius 3 is 2.33 bits per heavy atom. The Kier molecular flexibility index (Phi) is 5.12. The Bertz CT molecular complexity index is 409. The smallest absolute Gasteiger partial charge is 0.390 e. The van der Waals surface area contributed by atoms with Gasteiger partial charge in [-0.05, 0) is 12.5 Å². The number of hydrogen-bond donors (Lipinski definition) is 2. The van der Waals surface area contributed by atoms with Gasteiger partial charge in [0.25, 0.3) is 0 Å². The van der Waals surface area contributed by atoms with Crippen molar-refractivity contribution in [1.82, 2.24) is 0 Å². The maximum absolute atomic E-state index is 13.6. The van der Waals surface area contributed by atoms with Crippen molar-refractivity contribution in [2.45, 2.75) is 24.8 Å². The summed E-state index contributed by atoms with van der Waals surface area (Å²) in [4.78, 5) is 0. The molecule has 0 spiro atoms. The Morgan fingerprint density at radius 1 is 1.22 bits per heavy atom. The highest BCUT2D eigenvalue weighted by molar-refractivity contribution is 9.09. The average molecular weight is 331 g/mol. The number of hydrogen-bond acceptors (Lipinski definition) is 2. The lowest BCUT2D eigenvalue weighted by Crippen LogP contribution is -2.21. The Hall–Kier alpha value is -0.660. The van der Waals surface area contributed by atoms with E-state index in [4.69, 9.17) is 0 Å². The SMILES string of the molecule is OC(CCBr)C(O)c1cccc(C(F)(F)F)c1F. The molecule has 102 valence electrons. The molecule has 0 aliphatic heterocycles. The molecule has 2 unspecified atom stereocenters. The van der Waals surface area contributed by atoms with E-state index < -0.39 is 35.3 Å². The van der Waals surface area contributed by atoms with Crippen LogP contribution in [0.4, 0.5) is 17.6 Å². The van der Waals surface area contributed by atoms with E-state index in [-0.39, 0.29) is 6.42 Å². The molecule has 0 aliphatic rings. The summed E-state index contributed by atoms with van der Waals surface area (Å²) < 4.78 is 51.0. The highest BCUT2D eigenvalue weighted by atomic mass is 79.9. The van der Waals surface area contributed by atoms with Crippen LogP contribution in [0.25, 0.3) is 0 Å². The molecule has 0 amide bonds. The molecule has 0 aromatic heterocycles. The summed E-state index contributed by atoms with van der Waals surface area (Å²) in [5.41, 5.74) is -2.01. The van der Waals surface area contributed by atoms with Gasteiger partial charge in [-0.15, -0.1) is 0 Å². The van der Waals surface area contributed by atoms with Crippen molar-refractivity contribution in [3.8, 4) is 0 Å². The van der Waals surface area contributed by atoms with Crippen molar-refractivity contribution in [3.05, 3.63) is 35.1 Å². The lowest BCUT2D eigenvalue weighted by atomic mass is 9.99. The first-order chi connectivity index (χ1) is 8.29. The zero-order valence-corrected chi connectivity index (χ0v) is 10.7. The van der Waals surface area contributed by atoms with E-state index in [0.29, 0.717) is 11.4 Å². The lowest BCUT2D eigenvalue weighted by molar-refractivity contribution is -0.140. The lowest BCUT2D eigenvalue weighted by Gasteiger charge is -2.19. The van der Waals surface area contributed by atoms with Gasteiger partial charge in [0.2, 0.25) is 0 Å². The summed E-state index contributed by atoms with van der Waals surface area (Å²) in [6.45, 7) is 0. The summed E-state index contributed by atoms with van der Waals surface area (Å²) in [5, 5.41) is 19.4. The molecule has 0 saturated carbocycles. The van der Waals surface area contributed by atoms with E-state index in [0.717, 1.165) is 12.1 Å². The molecule has 0 radical (unpaired) electrons. The normalized spacial score (nSPS) is 15.5. The van der Waals surface area contributed by atoms with Gasteiger partial charge in [-0.1, -0.05) is 28.1 Å². The molecule has 1 aromatic carbocycles. The van der Waals surface area contributed by atoms with Crippen LogP contribution >= 0.6 is 15.9 Å². The summed E-state index contributed by atoms with van der Waals surface area (Å²) in [6.07, 6.45) is -7.76. The van der Waals surface area contributed by atoms with Crippen molar-refractivity contribution < 1.29 is 27.8 Å². The molecule has 7 heteroatoms. The standard InChI is InChI=1S/C11H11BrF4O2/c12-5-4-8(17)10(18)6-2-1-3-7(9(6)13)11(14,15)16/h1-3,8,10,17-18H,4-5H2. The zero-order valence-electron chi connectivity index (χ0n) is 9.09. The number of benzene rings is 1. The quantitative estimate of drug-likeness (QED) is 0.658. The van der Waals surface area contributed by atoms with Crippen molar-refractivity contribution in [3.63, 3.8) is 0 Å². The minimum Gasteiger partial charge on any atom is -0.390 e. The minimum atomic E-state index is -4.83.